The summed E-state index contributed by atoms with van der Waals surface area (Å²) in [7, 11) is 1.58. The minimum Gasteiger partial charge on any atom is -0.497 e. The van der Waals surface area contributed by atoms with Crippen LogP contribution < -0.4 is 29.1 Å². The van der Waals surface area contributed by atoms with Gasteiger partial charge in [-0.15, -0.1) is 0 Å². The van der Waals surface area contributed by atoms with E-state index in [2.05, 4.69) is 0 Å². The molecule has 0 unspecified atom stereocenters. The summed E-state index contributed by atoms with van der Waals surface area (Å²) in [6.07, 6.45) is 1.81. The van der Waals surface area contributed by atoms with Gasteiger partial charge in [0.1, 0.15) is 12.4 Å². The molecular weight excluding hydrogens is 612 g/mol. The molecule has 0 saturated carbocycles. The van der Waals surface area contributed by atoms with Crippen LogP contribution in [-0.2, 0) is 16.1 Å². The maximum absolute atomic E-state index is 14.3. The molecule has 0 radical (unpaired) electrons. The monoisotopic (exact) mass is 646 g/mol. The molecule has 0 aliphatic carbocycles. The van der Waals surface area contributed by atoms with E-state index in [-0.39, 0.29) is 17.7 Å². The first-order valence-corrected chi connectivity index (χ1v) is 16.2. The number of methoxy groups -OCH3 is 1. The first-order chi connectivity index (χ1) is 23.0. The molecule has 238 valence electrons. The minimum atomic E-state index is -0.800. The third-order valence-electron chi connectivity index (χ3n) is 7.59. The van der Waals surface area contributed by atoms with Gasteiger partial charge in [0.25, 0.3) is 5.56 Å². The lowest BCUT2D eigenvalue weighted by atomic mass is 9.93. The first kappa shape index (κ1) is 31.6. The van der Waals surface area contributed by atoms with Gasteiger partial charge < -0.3 is 18.9 Å². The molecular formula is C38H34N2O6S. The van der Waals surface area contributed by atoms with Crippen molar-refractivity contribution in [1.82, 2.24) is 4.57 Å². The van der Waals surface area contributed by atoms with Crippen molar-refractivity contribution in [3.05, 3.63) is 151 Å². The highest BCUT2D eigenvalue weighted by molar-refractivity contribution is 7.07. The quantitative estimate of drug-likeness (QED) is 0.166. The van der Waals surface area contributed by atoms with E-state index in [4.69, 9.17) is 23.9 Å². The molecule has 1 atom stereocenters. The molecule has 5 aromatic rings. The van der Waals surface area contributed by atoms with Gasteiger partial charge in [0.15, 0.2) is 16.3 Å². The number of carbonyl (C=O) groups excluding carboxylic acids is 1. The largest absolute Gasteiger partial charge is 0.497 e. The van der Waals surface area contributed by atoms with Crippen LogP contribution >= 0.6 is 11.3 Å². The second-order valence-corrected chi connectivity index (χ2v) is 11.6. The van der Waals surface area contributed by atoms with Crippen molar-refractivity contribution in [2.24, 2.45) is 4.99 Å². The fraction of sp³-hybridized carbons (Fsp3) is 0.184. The molecule has 0 fully saturated rings. The first-order valence-electron chi connectivity index (χ1n) is 15.4. The Morgan fingerprint density at radius 2 is 1.64 bits per heavy atom. The number of nitrogens with zero attached hydrogens (tertiary/aromatic N) is 2. The van der Waals surface area contributed by atoms with Crippen LogP contribution in [0, 0.1) is 0 Å². The summed E-state index contributed by atoms with van der Waals surface area (Å²) in [5.74, 6) is 1.25. The number of hydrogen-bond donors (Lipinski definition) is 0. The number of carbonyl (C=O) groups is 1. The van der Waals surface area contributed by atoms with Crippen LogP contribution in [0.2, 0.25) is 0 Å². The van der Waals surface area contributed by atoms with Crippen LogP contribution in [-0.4, -0.2) is 30.9 Å². The molecule has 0 saturated heterocycles. The number of ether oxygens (including phenoxy) is 4. The van der Waals surface area contributed by atoms with E-state index in [9.17, 15) is 9.59 Å². The molecule has 0 amide bonds. The molecule has 0 N–H and O–H groups in total. The minimum absolute atomic E-state index is 0.173. The smallest absolute Gasteiger partial charge is 0.338 e. The van der Waals surface area contributed by atoms with Gasteiger partial charge in [0.2, 0.25) is 0 Å². The van der Waals surface area contributed by atoms with Crippen LogP contribution in [0.4, 0.5) is 0 Å². The number of aromatic nitrogens is 1. The summed E-state index contributed by atoms with van der Waals surface area (Å²) in [4.78, 5) is 33.4. The lowest BCUT2D eigenvalue weighted by Gasteiger charge is -2.26. The van der Waals surface area contributed by atoms with Crippen LogP contribution in [0.1, 0.15) is 42.1 Å². The molecule has 1 aliphatic rings. The molecule has 6 rings (SSSR count). The van der Waals surface area contributed by atoms with Gasteiger partial charge in [-0.05, 0) is 60.9 Å². The van der Waals surface area contributed by atoms with Gasteiger partial charge >= 0.3 is 5.97 Å². The van der Waals surface area contributed by atoms with Crippen molar-refractivity contribution in [3.63, 3.8) is 0 Å². The number of rotatable bonds is 11. The van der Waals surface area contributed by atoms with Crippen molar-refractivity contribution >= 4 is 29.1 Å². The predicted octanol–water partition coefficient (Wildman–Crippen LogP) is 5.92. The molecule has 0 bridgehead atoms. The average Bonchev–Trinajstić information content (AvgIpc) is 3.42. The predicted molar refractivity (Wildman–Crippen MR) is 182 cm³/mol. The Morgan fingerprint density at radius 3 is 2.36 bits per heavy atom. The van der Waals surface area contributed by atoms with Crippen molar-refractivity contribution in [2.75, 3.05) is 20.3 Å². The Bertz CT molecular complexity index is 2100. The third-order valence-corrected chi connectivity index (χ3v) is 8.57. The van der Waals surface area contributed by atoms with Gasteiger partial charge in [0.05, 0.1) is 42.2 Å². The Labute approximate surface area is 276 Å². The number of thiazole rings is 1. The number of fused-ring (bicyclic) bond motifs is 1. The van der Waals surface area contributed by atoms with Crippen molar-refractivity contribution in [2.45, 2.75) is 26.5 Å². The van der Waals surface area contributed by atoms with Crippen molar-refractivity contribution in [3.8, 4) is 17.2 Å². The van der Waals surface area contributed by atoms with Gasteiger partial charge in [-0.3, -0.25) is 9.36 Å². The lowest BCUT2D eigenvalue weighted by Crippen LogP contribution is -2.40. The van der Waals surface area contributed by atoms with E-state index in [1.807, 2.05) is 116 Å². The highest BCUT2D eigenvalue weighted by atomic mass is 32.1. The second kappa shape index (κ2) is 14.3. The highest BCUT2D eigenvalue weighted by Crippen LogP contribution is 2.36. The summed E-state index contributed by atoms with van der Waals surface area (Å²) in [6, 6.07) is 31.5. The van der Waals surface area contributed by atoms with E-state index in [0.29, 0.717) is 51.1 Å². The van der Waals surface area contributed by atoms with E-state index in [0.717, 1.165) is 16.7 Å². The molecule has 1 aromatic heterocycles. The number of hydrogen-bond acceptors (Lipinski definition) is 8. The molecule has 0 spiro atoms. The van der Waals surface area contributed by atoms with E-state index in [1.165, 1.54) is 11.3 Å². The molecule has 2 heterocycles. The highest BCUT2D eigenvalue weighted by Gasteiger charge is 2.35. The van der Waals surface area contributed by atoms with Gasteiger partial charge in [0, 0.05) is 5.56 Å². The Balaban J connectivity index is 1.50. The topological polar surface area (TPSA) is 88.4 Å². The molecule has 47 heavy (non-hydrogen) atoms. The summed E-state index contributed by atoms with van der Waals surface area (Å²) in [6.45, 7) is 4.69. The van der Waals surface area contributed by atoms with E-state index < -0.39 is 12.0 Å². The van der Waals surface area contributed by atoms with E-state index in [1.54, 1.807) is 18.6 Å². The Kier molecular flexibility index (Phi) is 9.64. The second-order valence-electron chi connectivity index (χ2n) is 10.6. The molecule has 4 aromatic carbocycles. The van der Waals surface area contributed by atoms with Crippen LogP contribution in [0.15, 0.2) is 118 Å². The summed E-state index contributed by atoms with van der Waals surface area (Å²) in [5.41, 5.74) is 3.71. The Hall–Kier alpha value is -5.41. The number of esters is 1. The molecule has 1 aliphatic heterocycles. The standard InChI is InChI=1S/C38H34N2O6S/c1-4-44-31-21-26(19-20-30(31)46-24-25-13-8-6-9-14-25)22-32-36(41)40-35(28-17-12-18-29(23-28)43-3)33(37(42)45-5-2)34(39-38(40)47-32)27-15-10-7-11-16-27/h6-23,35H,4-5,24H2,1-3H3/b32-22-/t35-/m1/s1. The molecule has 9 heteroatoms. The van der Waals surface area contributed by atoms with Gasteiger partial charge in [-0.25, -0.2) is 9.79 Å². The fourth-order valence-electron chi connectivity index (χ4n) is 5.46. The van der Waals surface area contributed by atoms with Gasteiger partial charge in [-0.1, -0.05) is 90.2 Å². The normalized spacial score (nSPS) is 14.3. The summed E-state index contributed by atoms with van der Waals surface area (Å²) >= 11 is 1.26. The summed E-state index contributed by atoms with van der Waals surface area (Å²) in [5, 5.41) is 0. The van der Waals surface area contributed by atoms with Crippen molar-refractivity contribution < 1.29 is 23.7 Å². The SMILES string of the molecule is CCOC(=O)C1=C(c2ccccc2)N=c2s/c(=C\c3ccc(OCc4ccccc4)c(OCC)c3)c(=O)n2[C@@H]1c1cccc(OC)c1. The summed E-state index contributed by atoms with van der Waals surface area (Å²) < 4.78 is 25.1. The Morgan fingerprint density at radius 1 is 0.872 bits per heavy atom. The zero-order chi connectivity index (χ0) is 32.8. The zero-order valence-electron chi connectivity index (χ0n) is 26.3. The van der Waals surface area contributed by atoms with Crippen LogP contribution in [0.3, 0.4) is 0 Å². The maximum Gasteiger partial charge on any atom is 0.338 e. The van der Waals surface area contributed by atoms with Crippen molar-refractivity contribution in [1.29, 1.82) is 0 Å². The third kappa shape index (κ3) is 6.76. The maximum atomic E-state index is 14.3. The van der Waals surface area contributed by atoms with Crippen LogP contribution in [0.25, 0.3) is 11.8 Å². The molecule has 8 nitrogen and oxygen atoms in total. The van der Waals surface area contributed by atoms with Gasteiger partial charge in [-0.2, -0.15) is 0 Å². The lowest BCUT2D eigenvalue weighted by molar-refractivity contribution is -0.138. The van der Waals surface area contributed by atoms with Crippen LogP contribution in [0.5, 0.6) is 17.2 Å². The number of benzene rings is 4. The average molecular weight is 647 g/mol. The zero-order valence-corrected chi connectivity index (χ0v) is 27.2. The fourth-order valence-corrected chi connectivity index (χ4v) is 6.46. The van der Waals surface area contributed by atoms with E-state index >= 15 is 0 Å².